The minimum absolute atomic E-state index is 0.325. The van der Waals surface area contributed by atoms with Crippen LogP contribution in [0.2, 0.25) is 0 Å². The lowest BCUT2D eigenvalue weighted by Gasteiger charge is -2.15. The fourth-order valence-electron chi connectivity index (χ4n) is 2.97. The van der Waals surface area contributed by atoms with Gasteiger partial charge in [-0.2, -0.15) is 0 Å². The Morgan fingerprint density at radius 1 is 1.05 bits per heavy atom. The van der Waals surface area contributed by atoms with Gasteiger partial charge in [0.2, 0.25) is 5.91 Å². The van der Waals surface area contributed by atoms with Crippen molar-refractivity contribution in [1.82, 2.24) is 4.90 Å². The van der Waals surface area contributed by atoms with Crippen molar-refractivity contribution < 1.29 is 4.79 Å². The monoisotopic (exact) mass is 279 g/mol. The van der Waals surface area contributed by atoms with Crippen molar-refractivity contribution in [1.29, 1.82) is 0 Å². The first-order valence-corrected chi connectivity index (χ1v) is 8.68. The van der Waals surface area contributed by atoms with Crippen LogP contribution in [-0.4, -0.2) is 23.9 Å². The molecule has 116 valence electrons. The van der Waals surface area contributed by atoms with Crippen molar-refractivity contribution in [3.63, 3.8) is 0 Å². The highest BCUT2D eigenvalue weighted by Gasteiger charge is 2.26. The van der Waals surface area contributed by atoms with E-state index in [9.17, 15) is 4.79 Å². The summed E-state index contributed by atoms with van der Waals surface area (Å²) in [7, 11) is 0. The van der Waals surface area contributed by atoms with Crippen LogP contribution < -0.4 is 0 Å². The number of hydrogen-bond donors (Lipinski definition) is 0. The van der Waals surface area contributed by atoms with E-state index in [0.29, 0.717) is 18.2 Å². The Balaban J connectivity index is 1.87. The molecule has 0 aromatic rings. The van der Waals surface area contributed by atoms with Crippen molar-refractivity contribution in [3.8, 4) is 0 Å². The van der Waals surface area contributed by atoms with Crippen molar-refractivity contribution >= 4 is 5.91 Å². The molecule has 1 aliphatic heterocycles. The molecule has 1 rings (SSSR count). The zero-order chi connectivity index (χ0) is 14.6. The Kier molecular flexibility index (Phi) is 9.44. The molecule has 1 heterocycles. The fraction of sp³-hybridized carbons (Fsp3) is 0.833. The summed E-state index contributed by atoms with van der Waals surface area (Å²) in [5.74, 6) is 0.719. The molecule has 0 spiro atoms. The normalized spacial score (nSPS) is 18.8. The number of amides is 1. The summed E-state index contributed by atoms with van der Waals surface area (Å²) in [6, 6.07) is 0. The lowest BCUT2D eigenvalue weighted by atomic mass is 10.1. The molecule has 0 aromatic carbocycles. The molecule has 2 heteroatoms. The van der Waals surface area contributed by atoms with E-state index in [1.165, 1.54) is 64.2 Å². The average molecular weight is 279 g/mol. The Labute approximate surface area is 125 Å². The Morgan fingerprint density at radius 2 is 1.60 bits per heavy atom. The Hall–Kier alpha value is -0.790. The summed E-state index contributed by atoms with van der Waals surface area (Å²) >= 11 is 0. The third-order valence-electron chi connectivity index (χ3n) is 4.36. The smallest absolute Gasteiger partial charge is 0.223 e. The molecular weight excluding hydrogens is 246 g/mol. The number of unbranched alkanes of at least 4 members (excludes halogenated alkanes) is 9. The van der Waals surface area contributed by atoms with Crippen LogP contribution in [-0.2, 0) is 4.79 Å². The second-order valence-corrected chi connectivity index (χ2v) is 6.22. The number of likely N-dealkylation sites (tertiary alicyclic amines) is 1. The molecular formula is C18H33NO. The molecule has 2 nitrogen and oxygen atoms in total. The average Bonchev–Trinajstić information content (AvgIpc) is 2.81. The van der Waals surface area contributed by atoms with Gasteiger partial charge in [0.15, 0.2) is 0 Å². The minimum atomic E-state index is 0.325. The van der Waals surface area contributed by atoms with Crippen LogP contribution in [0, 0.1) is 5.92 Å². The third-order valence-corrected chi connectivity index (χ3v) is 4.36. The van der Waals surface area contributed by atoms with Gasteiger partial charge in [0.25, 0.3) is 0 Å². The van der Waals surface area contributed by atoms with Crippen LogP contribution in [0.1, 0.15) is 77.6 Å². The Morgan fingerprint density at radius 3 is 2.10 bits per heavy atom. The third kappa shape index (κ3) is 7.12. The second-order valence-electron chi connectivity index (χ2n) is 6.22. The number of hydrogen-bond acceptors (Lipinski definition) is 1. The van der Waals surface area contributed by atoms with Gasteiger partial charge in [0, 0.05) is 25.4 Å². The molecule has 0 saturated carbocycles. The van der Waals surface area contributed by atoms with Gasteiger partial charge in [0.1, 0.15) is 0 Å². The summed E-state index contributed by atoms with van der Waals surface area (Å²) in [5.41, 5.74) is 0. The van der Waals surface area contributed by atoms with Crippen LogP contribution >= 0.6 is 0 Å². The van der Waals surface area contributed by atoms with E-state index >= 15 is 0 Å². The number of nitrogens with zero attached hydrogens (tertiary/aromatic N) is 1. The molecule has 1 saturated heterocycles. The van der Waals surface area contributed by atoms with E-state index in [4.69, 9.17) is 0 Å². The number of rotatable bonds is 12. The van der Waals surface area contributed by atoms with Gasteiger partial charge in [-0.05, 0) is 6.42 Å². The van der Waals surface area contributed by atoms with Gasteiger partial charge in [-0.15, -0.1) is 6.58 Å². The topological polar surface area (TPSA) is 20.3 Å². The number of carbonyl (C=O) groups excluding carboxylic acids is 1. The van der Waals surface area contributed by atoms with Crippen LogP contribution in [0.15, 0.2) is 12.7 Å². The molecule has 1 unspecified atom stereocenters. The molecule has 20 heavy (non-hydrogen) atoms. The predicted molar refractivity (Wildman–Crippen MR) is 86.7 cm³/mol. The highest BCUT2D eigenvalue weighted by molar-refractivity contribution is 5.78. The molecule has 1 amide bonds. The summed E-state index contributed by atoms with van der Waals surface area (Å²) in [4.78, 5) is 13.7. The first-order chi connectivity index (χ1) is 9.77. The first-order valence-electron chi connectivity index (χ1n) is 8.68. The van der Waals surface area contributed by atoms with E-state index in [1.807, 2.05) is 11.0 Å². The van der Waals surface area contributed by atoms with Crippen LogP contribution in [0.4, 0.5) is 0 Å². The standard InChI is InChI=1S/C18H33NO/c1-3-5-6-7-8-9-10-11-12-13-14-19-16-17(4-2)15-18(19)20/h4,17H,2-3,5-16H2,1H3. The van der Waals surface area contributed by atoms with E-state index in [-0.39, 0.29) is 0 Å². The summed E-state index contributed by atoms with van der Waals surface area (Å²) < 4.78 is 0. The maximum atomic E-state index is 11.7. The lowest BCUT2D eigenvalue weighted by molar-refractivity contribution is -0.127. The molecule has 0 bridgehead atoms. The maximum Gasteiger partial charge on any atom is 0.223 e. The summed E-state index contributed by atoms with van der Waals surface area (Å²) in [6.07, 6.45) is 16.1. The molecule has 0 radical (unpaired) electrons. The van der Waals surface area contributed by atoms with Gasteiger partial charge in [0.05, 0.1) is 0 Å². The SMILES string of the molecule is C=CC1CC(=O)N(CCCCCCCCCCCC)C1. The van der Waals surface area contributed by atoms with Gasteiger partial charge >= 0.3 is 0 Å². The van der Waals surface area contributed by atoms with Crippen LogP contribution in [0.25, 0.3) is 0 Å². The Bertz CT molecular complexity index is 275. The second kappa shape index (κ2) is 10.9. The van der Waals surface area contributed by atoms with E-state index < -0.39 is 0 Å². The van der Waals surface area contributed by atoms with Crippen molar-refractivity contribution in [2.24, 2.45) is 5.92 Å². The van der Waals surface area contributed by atoms with E-state index in [0.717, 1.165) is 13.1 Å². The predicted octanol–water partition coefficient (Wildman–Crippen LogP) is 4.94. The largest absolute Gasteiger partial charge is 0.342 e. The highest BCUT2D eigenvalue weighted by atomic mass is 16.2. The van der Waals surface area contributed by atoms with Gasteiger partial charge in [-0.3, -0.25) is 4.79 Å². The molecule has 1 aliphatic rings. The summed E-state index contributed by atoms with van der Waals surface area (Å²) in [6.45, 7) is 7.92. The van der Waals surface area contributed by atoms with Crippen LogP contribution in [0.5, 0.6) is 0 Å². The molecule has 0 N–H and O–H groups in total. The van der Waals surface area contributed by atoms with Crippen molar-refractivity contribution in [2.45, 2.75) is 77.6 Å². The molecule has 1 atom stereocenters. The maximum absolute atomic E-state index is 11.7. The quantitative estimate of drug-likeness (QED) is 0.366. The van der Waals surface area contributed by atoms with Gasteiger partial charge in [-0.1, -0.05) is 70.8 Å². The van der Waals surface area contributed by atoms with E-state index in [2.05, 4.69) is 13.5 Å². The van der Waals surface area contributed by atoms with Crippen molar-refractivity contribution in [2.75, 3.05) is 13.1 Å². The zero-order valence-corrected chi connectivity index (χ0v) is 13.4. The first kappa shape index (κ1) is 17.3. The highest BCUT2D eigenvalue weighted by Crippen LogP contribution is 2.19. The van der Waals surface area contributed by atoms with Crippen LogP contribution in [0.3, 0.4) is 0 Å². The van der Waals surface area contributed by atoms with E-state index in [1.54, 1.807) is 0 Å². The molecule has 1 fully saturated rings. The fourth-order valence-corrected chi connectivity index (χ4v) is 2.97. The van der Waals surface area contributed by atoms with Gasteiger partial charge < -0.3 is 4.90 Å². The molecule has 0 aliphatic carbocycles. The zero-order valence-electron chi connectivity index (χ0n) is 13.4. The number of carbonyl (C=O) groups is 1. The minimum Gasteiger partial charge on any atom is -0.342 e. The molecule has 0 aromatic heterocycles. The van der Waals surface area contributed by atoms with Gasteiger partial charge in [-0.25, -0.2) is 0 Å². The summed E-state index contributed by atoms with van der Waals surface area (Å²) in [5, 5.41) is 0. The van der Waals surface area contributed by atoms with Crippen molar-refractivity contribution in [3.05, 3.63) is 12.7 Å². The lowest BCUT2D eigenvalue weighted by Crippen LogP contribution is -2.26.